The highest BCUT2D eigenvalue weighted by molar-refractivity contribution is 7.99. The SMILES string of the molecule is CCc1cccc(CC)c1NC(=O)CSc1nnc(-c2ccccc2C)n1CC. The van der Waals surface area contributed by atoms with E-state index in [1.807, 2.05) is 12.1 Å². The van der Waals surface area contributed by atoms with Crippen LogP contribution in [0.25, 0.3) is 11.4 Å². The first-order chi connectivity index (χ1) is 14.1. The Kier molecular flexibility index (Phi) is 7.09. The first-order valence-corrected chi connectivity index (χ1v) is 11.1. The van der Waals surface area contributed by atoms with Crippen LogP contribution in [0, 0.1) is 6.92 Å². The summed E-state index contributed by atoms with van der Waals surface area (Å²) in [5, 5.41) is 12.6. The summed E-state index contributed by atoms with van der Waals surface area (Å²) < 4.78 is 2.07. The molecule has 1 amide bonds. The Hall–Kier alpha value is -2.60. The minimum absolute atomic E-state index is 0.0197. The van der Waals surface area contributed by atoms with Crippen LogP contribution < -0.4 is 5.32 Å². The summed E-state index contributed by atoms with van der Waals surface area (Å²) in [6.45, 7) is 9.10. The zero-order valence-corrected chi connectivity index (χ0v) is 18.3. The van der Waals surface area contributed by atoms with Crippen molar-refractivity contribution in [1.29, 1.82) is 0 Å². The lowest BCUT2D eigenvalue weighted by atomic mass is 10.0. The molecular formula is C23H28N4OS. The average molecular weight is 409 g/mol. The molecule has 1 aromatic heterocycles. The molecule has 0 aliphatic rings. The molecule has 0 aliphatic heterocycles. The minimum atomic E-state index is -0.0197. The van der Waals surface area contributed by atoms with Crippen LogP contribution >= 0.6 is 11.8 Å². The van der Waals surface area contributed by atoms with E-state index in [2.05, 4.69) is 78.1 Å². The lowest BCUT2D eigenvalue weighted by molar-refractivity contribution is -0.113. The van der Waals surface area contributed by atoms with Crippen LogP contribution in [0.4, 0.5) is 5.69 Å². The first-order valence-electron chi connectivity index (χ1n) is 10.1. The summed E-state index contributed by atoms with van der Waals surface area (Å²) >= 11 is 1.42. The largest absolute Gasteiger partial charge is 0.325 e. The monoisotopic (exact) mass is 408 g/mol. The molecule has 0 bridgehead atoms. The van der Waals surface area contributed by atoms with Crippen LogP contribution in [0.5, 0.6) is 0 Å². The number of hydrogen-bond acceptors (Lipinski definition) is 4. The van der Waals surface area contributed by atoms with Gasteiger partial charge < -0.3 is 9.88 Å². The van der Waals surface area contributed by atoms with E-state index in [0.29, 0.717) is 5.75 Å². The zero-order chi connectivity index (χ0) is 20.8. The number of para-hydroxylation sites is 1. The molecule has 1 heterocycles. The fourth-order valence-corrected chi connectivity index (χ4v) is 4.21. The first kappa shape index (κ1) is 21.1. The number of benzene rings is 2. The molecule has 29 heavy (non-hydrogen) atoms. The van der Waals surface area contributed by atoms with E-state index in [1.165, 1.54) is 22.9 Å². The van der Waals surface area contributed by atoms with Crippen molar-refractivity contribution in [3.05, 3.63) is 59.2 Å². The fraction of sp³-hybridized carbons (Fsp3) is 0.348. The van der Waals surface area contributed by atoms with Crippen LogP contribution in [0.2, 0.25) is 0 Å². The van der Waals surface area contributed by atoms with Crippen LogP contribution in [-0.4, -0.2) is 26.4 Å². The van der Waals surface area contributed by atoms with Gasteiger partial charge in [0.15, 0.2) is 11.0 Å². The number of hydrogen-bond donors (Lipinski definition) is 1. The molecule has 0 unspecified atom stereocenters. The zero-order valence-electron chi connectivity index (χ0n) is 17.5. The Labute approximate surface area is 176 Å². The molecule has 5 nitrogen and oxygen atoms in total. The van der Waals surface area contributed by atoms with Gasteiger partial charge in [-0.15, -0.1) is 10.2 Å². The second-order valence-electron chi connectivity index (χ2n) is 6.86. The van der Waals surface area contributed by atoms with Crippen molar-refractivity contribution in [2.45, 2.75) is 52.2 Å². The van der Waals surface area contributed by atoms with Gasteiger partial charge >= 0.3 is 0 Å². The summed E-state index contributed by atoms with van der Waals surface area (Å²) in [4.78, 5) is 12.7. The van der Waals surface area contributed by atoms with Crippen molar-refractivity contribution in [2.24, 2.45) is 0 Å². The summed E-state index contributed by atoms with van der Waals surface area (Å²) in [7, 11) is 0. The highest BCUT2D eigenvalue weighted by Gasteiger charge is 2.16. The summed E-state index contributed by atoms with van der Waals surface area (Å²) in [6.07, 6.45) is 1.78. The van der Waals surface area contributed by atoms with Gasteiger partial charge in [-0.3, -0.25) is 4.79 Å². The molecule has 3 aromatic rings. The van der Waals surface area contributed by atoms with Gasteiger partial charge in [0.25, 0.3) is 0 Å². The van der Waals surface area contributed by atoms with Crippen LogP contribution in [0.3, 0.4) is 0 Å². The van der Waals surface area contributed by atoms with Crippen molar-refractivity contribution in [3.63, 3.8) is 0 Å². The maximum absolute atomic E-state index is 12.7. The maximum Gasteiger partial charge on any atom is 0.234 e. The number of rotatable bonds is 8. The Morgan fingerprint density at radius 3 is 2.31 bits per heavy atom. The van der Waals surface area contributed by atoms with E-state index in [-0.39, 0.29) is 5.91 Å². The van der Waals surface area contributed by atoms with Gasteiger partial charge in [0.2, 0.25) is 5.91 Å². The van der Waals surface area contributed by atoms with E-state index in [0.717, 1.165) is 47.2 Å². The molecule has 0 saturated carbocycles. The van der Waals surface area contributed by atoms with E-state index in [4.69, 9.17) is 0 Å². The van der Waals surface area contributed by atoms with E-state index in [9.17, 15) is 4.79 Å². The minimum Gasteiger partial charge on any atom is -0.325 e. The molecule has 0 aliphatic carbocycles. The van der Waals surface area contributed by atoms with E-state index in [1.54, 1.807) is 0 Å². The molecule has 0 spiro atoms. The molecule has 0 atom stereocenters. The van der Waals surface area contributed by atoms with Crippen molar-refractivity contribution < 1.29 is 4.79 Å². The quantitative estimate of drug-likeness (QED) is 0.525. The van der Waals surface area contributed by atoms with Crippen molar-refractivity contribution in [1.82, 2.24) is 14.8 Å². The van der Waals surface area contributed by atoms with Crippen molar-refractivity contribution in [3.8, 4) is 11.4 Å². The molecule has 0 fully saturated rings. The Bertz CT molecular complexity index is 974. The smallest absolute Gasteiger partial charge is 0.234 e. The van der Waals surface area contributed by atoms with Gasteiger partial charge in [0.05, 0.1) is 5.75 Å². The van der Waals surface area contributed by atoms with Gasteiger partial charge in [0, 0.05) is 17.8 Å². The van der Waals surface area contributed by atoms with Crippen LogP contribution in [0.15, 0.2) is 47.6 Å². The standard InChI is InChI=1S/C23H28N4OS/c1-5-17-12-10-13-18(6-2)21(17)24-20(28)15-29-23-26-25-22(27(23)7-3)19-14-9-8-11-16(19)4/h8-14H,5-7,15H2,1-4H3,(H,24,28). The Morgan fingerprint density at radius 2 is 1.69 bits per heavy atom. The van der Waals surface area contributed by atoms with Crippen LogP contribution in [-0.2, 0) is 24.2 Å². The maximum atomic E-state index is 12.7. The average Bonchev–Trinajstić information content (AvgIpc) is 3.15. The van der Waals surface area contributed by atoms with Crippen molar-refractivity contribution in [2.75, 3.05) is 11.1 Å². The number of nitrogens with zero attached hydrogens (tertiary/aromatic N) is 3. The summed E-state index contributed by atoms with van der Waals surface area (Å²) in [5.41, 5.74) is 5.53. The number of aryl methyl sites for hydroxylation is 3. The number of nitrogens with one attached hydrogen (secondary N) is 1. The van der Waals surface area contributed by atoms with E-state index >= 15 is 0 Å². The predicted octanol–water partition coefficient (Wildman–Crippen LogP) is 5.13. The van der Waals surface area contributed by atoms with Crippen LogP contribution in [0.1, 0.15) is 37.5 Å². The lowest BCUT2D eigenvalue weighted by Crippen LogP contribution is -2.17. The number of anilines is 1. The number of carbonyl (C=O) groups is 1. The molecule has 0 radical (unpaired) electrons. The third-order valence-corrected chi connectivity index (χ3v) is 5.98. The molecule has 3 rings (SSSR count). The predicted molar refractivity (Wildman–Crippen MR) is 120 cm³/mol. The third-order valence-electron chi connectivity index (χ3n) is 5.01. The molecule has 1 N–H and O–H groups in total. The van der Waals surface area contributed by atoms with Gasteiger partial charge in [-0.1, -0.05) is 68.1 Å². The third kappa shape index (κ3) is 4.70. The van der Waals surface area contributed by atoms with Gasteiger partial charge in [-0.2, -0.15) is 0 Å². The molecule has 6 heteroatoms. The lowest BCUT2D eigenvalue weighted by Gasteiger charge is -2.14. The molecule has 2 aromatic carbocycles. The van der Waals surface area contributed by atoms with Gasteiger partial charge in [-0.25, -0.2) is 0 Å². The number of carbonyl (C=O) groups excluding carboxylic acids is 1. The Morgan fingerprint density at radius 1 is 1.00 bits per heavy atom. The van der Waals surface area contributed by atoms with Gasteiger partial charge in [0.1, 0.15) is 0 Å². The molecular weight excluding hydrogens is 380 g/mol. The second kappa shape index (κ2) is 9.74. The topological polar surface area (TPSA) is 59.8 Å². The number of aromatic nitrogens is 3. The highest BCUT2D eigenvalue weighted by atomic mass is 32.2. The summed E-state index contributed by atoms with van der Waals surface area (Å²) in [5.74, 6) is 1.12. The normalized spacial score (nSPS) is 10.9. The number of thioether (sulfide) groups is 1. The summed E-state index contributed by atoms with van der Waals surface area (Å²) in [6, 6.07) is 14.4. The Balaban J connectivity index is 1.74. The fourth-order valence-electron chi connectivity index (χ4n) is 3.41. The second-order valence-corrected chi connectivity index (χ2v) is 7.80. The van der Waals surface area contributed by atoms with Crippen molar-refractivity contribution >= 4 is 23.4 Å². The number of amides is 1. The molecule has 152 valence electrons. The highest BCUT2D eigenvalue weighted by Crippen LogP contribution is 2.27. The van der Waals surface area contributed by atoms with Gasteiger partial charge in [-0.05, 0) is 43.4 Å². The molecule has 0 saturated heterocycles. The van der Waals surface area contributed by atoms with E-state index < -0.39 is 0 Å².